The molecule has 0 atom stereocenters. The van der Waals surface area contributed by atoms with Crippen LogP contribution in [-0.4, -0.2) is 54.2 Å². The number of rotatable bonds is 13. The van der Waals surface area contributed by atoms with E-state index in [0.717, 1.165) is 5.56 Å². The smallest absolute Gasteiger partial charge is 0.460 e. The lowest BCUT2D eigenvalue weighted by Gasteiger charge is -2.42. The number of terminal acetylenes is 1. The predicted molar refractivity (Wildman–Crippen MR) is 120 cm³/mol. The van der Waals surface area contributed by atoms with E-state index in [1.165, 1.54) is 24.3 Å². The highest BCUT2D eigenvalue weighted by Gasteiger charge is 2.95. The molecule has 0 aliphatic heterocycles. The summed E-state index contributed by atoms with van der Waals surface area (Å²) in [6.07, 6.45) is -6.96. The highest BCUT2D eigenvalue weighted by atomic mass is 19.4. The van der Waals surface area contributed by atoms with Crippen molar-refractivity contribution in [3.63, 3.8) is 0 Å². The van der Waals surface area contributed by atoms with Gasteiger partial charge in [0.2, 0.25) is 0 Å². The van der Waals surface area contributed by atoms with Crippen LogP contribution in [0.5, 0.6) is 5.75 Å². The second-order valence-electron chi connectivity index (χ2n) is 9.20. The van der Waals surface area contributed by atoms with Gasteiger partial charge in [-0.15, -0.1) is 6.42 Å². The van der Waals surface area contributed by atoms with Gasteiger partial charge in [0.1, 0.15) is 5.75 Å². The molecule has 0 fully saturated rings. The third kappa shape index (κ3) is 6.10. The molecule has 18 heteroatoms. The van der Waals surface area contributed by atoms with Crippen LogP contribution in [0.25, 0.3) is 11.1 Å². The lowest BCUT2D eigenvalue weighted by Crippen LogP contribution is -2.74. The first-order valence-electron chi connectivity index (χ1n) is 11.7. The van der Waals surface area contributed by atoms with E-state index >= 15 is 0 Å². The van der Waals surface area contributed by atoms with Gasteiger partial charge in [0.05, 0.1) is 6.61 Å². The van der Waals surface area contributed by atoms with Crippen molar-refractivity contribution in [1.29, 1.82) is 0 Å². The third-order valence-electron chi connectivity index (χ3n) is 6.18. The Balaban J connectivity index is 2.10. The fourth-order valence-corrected chi connectivity index (χ4v) is 3.49. The first-order valence-corrected chi connectivity index (χ1v) is 11.7. The van der Waals surface area contributed by atoms with Gasteiger partial charge in [-0.3, -0.25) is 0 Å². The number of unbranched alkanes of at least 4 members (excludes halogenated alkanes) is 1. The monoisotopic (exact) mass is 668 g/mol. The first kappa shape index (κ1) is 36.8. The zero-order valence-corrected chi connectivity index (χ0v) is 21.4. The van der Waals surface area contributed by atoms with Crippen LogP contribution in [0.1, 0.15) is 24.8 Å². The number of ether oxygens (including phenoxy) is 1. The maximum atomic E-state index is 14.0. The average Bonchev–Trinajstić information content (AvgIpc) is 2.92. The van der Waals surface area contributed by atoms with Crippen LogP contribution in [0.3, 0.4) is 0 Å². The third-order valence-corrected chi connectivity index (χ3v) is 6.18. The Morgan fingerprint density at radius 1 is 0.500 bits per heavy atom. The topological polar surface area (TPSA) is 9.23 Å². The van der Waals surface area contributed by atoms with Crippen LogP contribution >= 0.6 is 0 Å². The molecule has 0 aromatic heterocycles. The Kier molecular flexibility index (Phi) is 9.91. The molecule has 0 N–H and O–H groups in total. The van der Waals surface area contributed by atoms with Crippen LogP contribution in [-0.2, 0) is 0 Å². The van der Waals surface area contributed by atoms with E-state index in [-0.39, 0.29) is 5.75 Å². The first-order chi connectivity index (χ1) is 19.7. The molecule has 2 aromatic carbocycles. The summed E-state index contributed by atoms with van der Waals surface area (Å²) in [6.45, 7) is -0.582. The summed E-state index contributed by atoms with van der Waals surface area (Å²) in [5.74, 6) is -53.7. The molecule has 0 aliphatic carbocycles. The molecule has 0 saturated carbocycles. The van der Waals surface area contributed by atoms with Crippen LogP contribution < -0.4 is 4.74 Å². The molecule has 1 nitrogen and oxygen atoms in total. The number of alkyl halides is 17. The van der Waals surface area contributed by atoms with E-state index < -0.39 is 73.5 Å². The highest BCUT2D eigenvalue weighted by Crippen LogP contribution is 2.64. The number of hydrogen-bond donors (Lipinski definition) is 0. The second-order valence-corrected chi connectivity index (χ2v) is 9.20. The normalized spacial score (nSPS) is 14.4. The molecule has 0 unspecified atom stereocenters. The average molecular weight is 668 g/mol. The molecule has 0 heterocycles. The van der Waals surface area contributed by atoms with E-state index in [9.17, 15) is 74.6 Å². The molecule has 0 amide bonds. The molecule has 44 heavy (non-hydrogen) atoms. The van der Waals surface area contributed by atoms with Crippen LogP contribution in [0.2, 0.25) is 0 Å². The SMILES string of the molecule is C#Cc1ccc(-c2ccc(OCCCCC(F)(F)C(F)(F)C(F)(F)C(F)(F)C(F)(F)C(F)(F)C(F)(F)C(F)(F)F)cc2)cc1. The van der Waals surface area contributed by atoms with Gasteiger partial charge in [0.15, 0.2) is 0 Å². The van der Waals surface area contributed by atoms with Gasteiger partial charge in [-0.05, 0) is 48.2 Å². The van der Waals surface area contributed by atoms with Crippen molar-refractivity contribution in [2.75, 3.05) is 6.61 Å². The van der Waals surface area contributed by atoms with E-state index in [0.29, 0.717) is 11.1 Å². The molecule has 2 rings (SSSR count). The molecule has 0 radical (unpaired) electrons. The van der Waals surface area contributed by atoms with Gasteiger partial charge in [-0.25, -0.2) is 0 Å². The molecular formula is C26H17F17O. The fourth-order valence-electron chi connectivity index (χ4n) is 3.49. The zero-order valence-electron chi connectivity index (χ0n) is 21.4. The summed E-state index contributed by atoms with van der Waals surface area (Å²) < 4.78 is 232. The van der Waals surface area contributed by atoms with Crippen molar-refractivity contribution in [3.05, 3.63) is 54.1 Å². The number of halogens is 17. The predicted octanol–water partition coefficient (Wildman–Crippen LogP) is 9.89. The van der Waals surface area contributed by atoms with Gasteiger partial charge in [0.25, 0.3) is 0 Å². The van der Waals surface area contributed by atoms with Gasteiger partial charge in [0, 0.05) is 12.0 Å². The Morgan fingerprint density at radius 3 is 1.30 bits per heavy atom. The van der Waals surface area contributed by atoms with Crippen molar-refractivity contribution in [2.24, 2.45) is 0 Å². The lowest BCUT2D eigenvalue weighted by molar-refractivity contribution is -0.461. The van der Waals surface area contributed by atoms with Crippen molar-refractivity contribution in [2.45, 2.75) is 66.9 Å². The standard InChI is InChI=1S/C26H17F17O/c1-2-15-5-7-16(8-6-15)17-9-11-18(12-10-17)44-14-4-3-13-19(27,28)20(29,30)21(31,32)22(33,34)23(35,36)24(37,38)25(39,40)26(41,42)43/h1,5-12H,3-4,13-14H2. The Labute approximate surface area is 237 Å². The van der Waals surface area contributed by atoms with Crippen LogP contribution in [0, 0.1) is 12.3 Å². The molecule has 0 aliphatic rings. The van der Waals surface area contributed by atoms with Gasteiger partial charge in [-0.2, -0.15) is 74.6 Å². The Hall–Kier alpha value is -3.39. The quantitative estimate of drug-likeness (QED) is 0.117. The van der Waals surface area contributed by atoms with E-state index in [2.05, 4.69) is 5.92 Å². The van der Waals surface area contributed by atoms with Crippen LogP contribution in [0.4, 0.5) is 74.6 Å². The van der Waals surface area contributed by atoms with E-state index in [1.807, 2.05) is 0 Å². The van der Waals surface area contributed by atoms with E-state index in [4.69, 9.17) is 11.2 Å². The molecular weight excluding hydrogens is 651 g/mol. The molecule has 246 valence electrons. The number of hydrogen-bond acceptors (Lipinski definition) is 1. The lowest BCUT2D eigenvalue weighted by atomic mass is 9.88. The zero-order chi connectivity index (χ0) is 34.2. The molecule has 2 aromatic rings. The Bertz CT molecular complexity index is 1300. The van der Waals surface area contributed by atoms with Gasteiger partial charge < -0.3 is 4.74 Å². The summed E-state index contributed by atoms with van der Waals surface area (Å²) in [4.78, 5) is 0. The number of benzene rings is 2. The largest absolute Gasteiger partial charge is 0.494 e. The van der Waals surface area contributed by atoms with Crippen molar-refractivity contribution in [1.82, 2.24) is 0 Å². The highest BCUT2D eigenvalue weighted by molar-refractivity contribution is 5.65. The van der Waals surface area contributed by atoms with Crippen LogP contribution in [0.15, 0.2) is 48.5 Å². The van der Waals surface area contributed by atoms with Gasteiger partial charge >= 0.3 is 47.6 Å². The molecule has 0 bridgehead atoms. The minimum atomic E-state index is -8.63. The van der Waals surface area contributed by atoms with E-state index in [1.54, 1.807) is 24.3 Å². The maximum absolute atomic E-state index is 14.0. The maximum Gasteiger partial charge on any atom is 0.460 e. The minimum absolute atomic E-state index is 0.0797. The summed E-state index contributed by atoms with van der Waals surface area (Å²) in [6, 6.07) is 12.5. The van der Waals surface area contributed by atoms with Crippen molar-refractivity contribution < 1.29 is 79.4 Å². The minimum Gasteiger partial charge on any atom is -0.494 e. The Morgan fingerprint density at radius 2 is 0.886 bits per heavy atom. The second kappa shape index (κ2) is 11.8. The van der Waals surface area contributed by atoms with Crippen molar-refractivity contribution in [3.8, 4) is 29.2 Å². The summed E-state index contributed by atoms with van der Waals surface area (Å²) in [7, 11) is 0. The molecule has 0 spiro atoms. The fraction of sp³-hybridized carbons (Fsp3) is 0.462. The van der Waals surface area contributed by atoms with Crippen molar-refractivity contribution >= 4 is 0 Å². The summed E-state index contributed by atoms with van der Waals surface area (Å²) >= 11 is 0. The summed E-state index contributed by atoms with van der Waals surface area (Å²) in [5.41, 5.74) is 1.97. The van der Waals surface area contributed by atoms with Gasteiger partial charge in [-0.1, -0.05) is 30.2 Å². The molecule has 0 saturated heterocycles. The summed E-state index contributed by atoms with van der Waals surface area (Å²) in [5, 5.41) is 0.